The predicted molar refractivity (Wildman–Crippen MR) is 133 cm³/mol. The molecule has 2 amide bonds. The summed E-state index contributed by atoms with van der Waals surface area (Å²) in [6.45, 7) is 3.55. The van der Waals surface area contributed by atoms with Crippen molar-refractivity contribution in [1.82, 2.24) is 9.21 Å². The van der Waals surface area contributed by atoms with Crippen molar-refractivity contribution in [3.63, 3.8) is 0 Å². The average Bonchev–Trinajstić information content (AvgIpc) is 2.80. The van der Waals surface area contributed by atoms with Crippen molar-refractivity contribution in [2.24, 2.45) is 5.92 Å². The molecule has 2 aromatic carbocycles. The average molecular weight is 556 g/mol. The third kappa shape index (κ3) is 5.65. The number of aliphatic hydroxyl groups is 1. The van der Waals surface area contributed by atoms with Crippen LogP contribution in [0.4, 0.5) is 10.5 Å². The molecule has 2 N–H and O–H groups in total. The van der Waals surface area contributed by atoms with E-state index in [1.807, 2.05) is 13.0 Å². The number of hydrogen-bond donors (Lipinski definition) is 2. The van der Waals surface area contributed by atoms with Crippen LogP contribution >= 0.6 is 15.9 Å². The summed E-state index contributed by atoms with van der Waals surface area (Å²) in [5.74, 6) is 0.453. The Hall–Kier alpha value is -2.34. The fourth-order valence-electron chi connectivity index (χ4n) is 3.73. The van der Waals surface area contributed by atoms with Gasteiger partial charge in [0.15, 0.2) is 0 Å². The largest absolute Gasteiger partial charge is 0.495 e. The second-order valence-corrected chi connectivity index (χ2v) is 11.1. The summed E-state index contributed by atoms with van der Waals surface area (Å²) in [6.07, 6.45) is -0.509. The van der Waals surface area contributed by atoms with Crippen molar-refractivity contribution in [1.29, 1.82) is 0 Å². The van der Waals surface area contributed by atoms with Crippen molar-refractivity contribution >= 4 is 37.7 Å². The quantitative estimate of drug-likeness (QED) is 0.565. The molecule has 9 nitrogen and oxygen atoms in total. The number of nitrogens with zero attached hydrogens (tertiary/aromatic N) is 2. The SMILES string of the molecule is COc1ccccc1NC(=O)N(C)C[C@H]1Oc2cc(Br)ccc2S(=O)(=O)N([C@H](C)CO)C[C@H]1C. The van der Waals surface area contributed by atoms with Crippen molar-refractivity contribution in [3.8, 4) is 11.5 Å². The summed E-state index contributed by atoms with van der Waals surface area (Å²) in [7, 11) is -0.725. The highest BCUT2D eigenvalue weighted by atomic mass is 79.9. The number of amides is 2. The summed E-state index contributed by atoms with van der Waals surface area (Å²) >= 11 is 3.38. The number of likely N-dealkylation sites (N-methyl/N-ethyl adjacent to an activating group) is 1. The first kappa shape index (κ1) is 26.3. The fraction of sp³-hybridized carbons (Fsp3) is 0.435. The second-order valence-electron chi connectivity index (χ2n) is 8.34. The lowest BCUT2D eigenvalue weighted by Crippen LogP contribution is -2.50. The molecule has 0 radical (unpaired) electrons. The van der Waals surface area contributed by atoms with E-state index in [1.54, 1.807) is 44.3 Å². The fourth-order valence-corrected chi connectivity index (χ4v) is 5.89. The minimum atomic E-state index is -3.90. The number of carbonyl (C=O) groups excluding carboxylic acids is 1. The number of para-hydroxylation sites is 2. The summed E-state index contributed by atoms with van der Waals surface area (Å²) in [5.41, 5.74) is 0.539. The van der Waals surface area contributed by atoms with Gasteiger partial charge in [-0.1, -0.05) is 35.0 Å². The van der Waals surface area contributed by atoms with Crippen LogP contribution in [0.2, 0.25) is 0 Å². The molecule has 0 fully saturated rings. The third-order valence-electron chi connectivity index (χ3n) is 5.78. The van der Waals surface area contributed by atoms with Gasteiger partial charge in [-0.25, -0.2) is 13.2 Å². The van der Waals surface area contributed by atoms with E-state index in [0.717, 1.165) is 0 Å². The normalized spacial score (nSPS) is 20.8. The molecule has 186 valence electrons. The van der Waals surface area contributed by atoms with Crippen LogP contribution < -0.4 is 14.8 Å². The number of nitrogens with one attached hydrogen (secondary N) is 1. The Bertz CT molecular complexity index is 1130. The molecule has 11 heteroatoms. The van der Waals surface area contributed by atoms with Gasteiger partial charge in [-0.05, 0) is 37.3 Å². The van der Waals surface area contributed by atoms with Gasteiger partial charge >= 0.3 is 6.03 Å². The lowest BCUT2D eigenvalue weighted by molar-refractivity contribution is 0.0829. The van der Waals surface area contributed by atoms with Crippen LogP contribution in [0.15, 0.2) is 51.8 Å². The Kier molecular flexibility index (Phi) is 8.45. The van der Waals surface area contributed by atoms with E-state index < -0.39 is 22.2 Å². The molecule has 3 atom stereocenters. The summed E-state index contributed by atoms with van der Waals surface area (Å²) in [4.78, 5) is 14.4. The minimum absolute atomic E-state index is 0.0222. The van der Waals surface area contributed by atoms with Gasteiger partial charge in [-0.3, -0.25) is 0 Å². The van der Waals surface area contributed by atoms with Gasteiger partial charge in [0.1, 0.15) is 22.5 Å². The maximum atomic E-state index is 13.4. The first-order valence-corrected chi connectivity index (χ1v) is 13.1. The van der Waals surface area contributed by atoms with Crippen LogP contribution in [0.1, 0.15) is 13.8 Å². The number of methoxy groups -OCH3 is 1. The van der Waals surface area contributed by atoms with Gasteiger partial charge in [-0.15, -0.1) is 0 Å². The molecule has 0 saturated heterocycles. The second kappa shape index (κ2) is 10.9. The molecule has 0 unspecified atom stereocenters. The number of rotatable bonds is 6. The van der Waals surface area contributed by atoms with Crippen molar-refractivity contribution < 1.29 is 27.8 Å². The number of benzene rings is 2. The lowest BCUT2D eigenvalue weighted by Gasteiger charge is -2.37. The number of halogens is 1. The first-order chi connectivity index (χ1) is 16.1. The van der Waals surface area contributed by atoms with Gasteiger partial charge in [0.2, 0.25) is 10.0 Å². The van der Waals surface area contributed by atoms with Gasteiger partial charge in [0, 0.05) is 30.0 Å². The Balaban J connectivity index is 1.89. The van der Waals surface area contributed by atoms with E-state index in [-0.39, 0.29) is 42.3 Å². The molecule has 0 aliphatic carbocycles. The standard InChI is InChI=1S/C23H30BrN3O6S/c1-15-12-27(16(2)14-28)34(30,31)22-10-9-17(24)11-20(22)33-21(15)13-26(3)23(29)25-18-7-5-6-8-19(18)32-4/h5-11,15-16,21,28H,12-14H2,1-4H3,(H,25,29)/t15-,16-,21-/m1/s1. The zero-order chi connectivity index (χ0) is 25.0. The van der Waals surface area contributed by atoms with Crippen LogP contribution in [0.5, 0.6) is 11.5 Å². The molecule has 34 heavy (non-hydrogen) atoms. The summed E-state index contributed by atoms with van der Waals surface area (Å²) in [5, 5.41) is 12.5. The van der Waals surface area contributed by atoms with Crippen LogP contribution in [0.3, 0.4) is 0 Å². The highest BCUT2D eigenvalue weighted by Crippen LogP contribution is 2.35. The monoisotopic (exact) mass is 555 g/mol. The molecule has 0 saturated carbocycles. The van der Waals surface area contributed by atoms with Crippen LogP contribution in [0, 0.1) is 5.92 Å². The Morgan fingerprint density at radius 1 is 1.35 bits per heavy atom. The van der Waals surface area contributed by atoms with Gasteiger partial charge in [-0.2, -0.15) is 4.31 Å². The molecule has 0 aromatic heterocycles. The van der Waals surface area contributed by atoms with E-state index in [2.05, 4.69) is 21.2 Å². The van der Waals surface area contributed by atoms with Crippen molar-refractivity contribution in [3.05, 3.63) is 46.9 Å². The third-order valence-corrected chi connectivity index (χ3v) is 8.29. The molecular formula is C23H30BrN3O6S. The highest BCUT2D eigenvalue weighted by molar-refractivity contribution is 9.10. The van der Waals surface area contributed by atoms with Crippen molar-refractivity contribution in [2.75, 3.05) is 39.2 Å². The predicted octanol–water partition coefficient (Wildman–Crippen LogP) is 3.39. The van der Waals surface area contributed by atoms with Crippen molar-refractivity contribution in [2.45, 2.75) is 30.9 Å². The summed E-state index contributed by atoms with van der Waals surface area (Å²) in [6, 6.07) is 10.8. The molecule has 0 bridgehead atoms. The van der Waals surface area contributed by atoms with Gasteiger partial charge in [0.05, 0.1) is 25.9 Å². The number of urea groups is 1. The van der Waals surface area contributed by atoms with Gasteiger partial charge in [0.25, 0.3) is 0 Å². The molecule has 1 heterocycles. The lowest BCUT2D eigenvalue weighted by atomic mass is 10.0. The van der Waals surface area contributed by atoms with E-state index in [1.165, 1.54) is 22.4 Å². The highest BCUT2D eigenvalue weighted by Gasteiger charge is 2.38. The molecule has 2 aromatic rings. The van der Waals surface area contributed by atoms with E-state index in [0.29, 0.717) is 15.9 Å². The maximum Gasteiger partial charge on any atom is 0.321 e. The maximum absolute atomic E-state index is 13.4. The first-order valence-electron chi connectivity index (χ1n) is 10.8. The van der Waals surface area contributed by atoms with Crippen LogP contribution in [0.25, 0.3) is 0 Å². The molecule has 1 aliphatic heterocycles. The zero-order valence-electron chi connectivity index (χ0n) is 19.6. The number of aliphatic hydroxyl groups excluding tert-OH is 1. The van der Waals surface area contributed by atoms with E-state index in [9.17, 15) is 18.3 Å². The van der Waals surface area contributed by atoms with Crippen LogP contribution in [-0.2, 0) is 10.0 Å². The molecule has 3 rings (SSSR count). The molecular weight excluding hydrogens is 526 g/mol. The minimum Gasteiger partial charge on any atom is -0.495 e. The molecule has 1 aliphatic rings. The van der Waals surface area contributed by atoms with E-state index in [4.69, 9.17) is 9.47 Å². The number of sulfonamides is 1. The smallest absolute Gasteiger partial charge is 0.321 e. The number of anilines is 1. The Morgan fingerprint density at radius 2 is 2.06 bits per heavy atom. The van der Waals surface area contributed by atoms with E-state index >= 15 is 0 Å². The Morgan fingerprint density at radius 3 is 2.74 bits per heavy atom. The number of hydrogen-bond acceptors (Lipinski definition) is 6. The summed E-state index contributed by atoms with van der Waals surface area (Å²) < 4.78 is 40.2. The topological polar surface area (TPSA) is 108 Å². The van der Waals surface area contributed by atoms with Gasteiger partial charge < -0.3 is 24.8 Å². The number of fused-ring (bicyclic) bond motifs is 1. The number of ether oxygens (including phenoxy) is 2. The molecule has 0 spiro atoms. The zero-order valence-corrected chi connectivity index (χ0v) is 22.0. The number of carbonyl (C=O) groups is 1. The Labute approximate surface area is 208 Å². The van der Waals surface area contributed by atoms with Crippen LogP contribution in [-0.4, -0.2) is 74.8 Å².